The van der Waals surface area contributed by atoms with Crippen LogP contribution in [0.2, 0.25) is 5.02 Å². The maximum absolute atomic E-state index is 12.6. The summed E-state index contributed by atoms with van der Waals surface area (Å²) in [4.78, 5) is 35.2. The number of nitrogens with zero attached hydrogens (tertiary/aromatic N) is 4. The molecule has 0 bridgehead atoms. The first-order chi connectivity index (χ1) is 16.4. The Labute approximate surface area is 201 Å². The van der Waals surface area contributed by atoms with E-state index < -0.39 is 0 Å². The third-order valence-electron chi connectivity index (χ3n) is 5.88. The third-order valence-corrected chi connectivity index (χ3v) is 6.16. The van der Waals surface area contributed by atoms with E-state index in [0.717, 1.165) is 42.5 Å². The number of carbonyl (C=O) groups is 1. The summed E-state index contributed by atoms with van der Waals surface area (Å²) in [5.74, 6) is 0.867. The molecule has 1 aliphatic rings. The summed E-state index contributed by atoms with van der Waals surface area (Å²) in [5.41, 5.74) is 1.13. The molecule has 0 radical (unpaired) electrons. The fraction of sp³-hybridized carbons (Fsp3) is 0.391. The van der Waals surface area contributed by atoms with Crippen molar-refractivity contribution in [1.29, 1.82) is 0 Å². The van der Waals surface area contributed by atoms with Crippen molar-refractivity contribution < 1.29 is 14.3 Å². The maximum atomic E-state index is 12.6. The lowest BCUT2D eigenvalue weighted by Crippen LogP contribution is -2.37. The van der Waals surface area contributed by atoms with Crippen LogP contribution in [0.3, 0.4) is 0 Å². The van der Waals surface area contributed by atoms with E-state index in [1.165, 1.54) is 11.6 Å². The van der Waals surface area contributed by atoms with E-state index >= 15 is 0 Å². The number of likely N-dealkylation sites (N-methyl/N-ethyl adjacent to an activating group) is 1. The molecule has 2 N–H and O–H groups in total. The zero-order valence-corrected chi connectivity index (χ0v) is 20.1. The monoisotopic (exact) mass is 486 g/mol. The number of amides is 1. The summed E-state index contributed by atoms with van der Waals surface area (Å²) in [6.07, 6.45) is 3.68. The van der Waals surface area contributed by atoms with E-state index in [4.69, 9.17) is 21.1 Å². The topological polar surface area (TPSA) is 111 Å². The van der Waals surface area contributed by atoms with Gasteiger partial charge in [0.2, 0.25) is 5.95 Å². The van der Waals surface area contributed by atoms with Crippen LogP contribution in [0.15, 0.2) is 35.3 Å². The molecule has 3 aromatic rings. The number of aromatic nitrogens is 3. The van der Waals surface area contributed by atoms with Gasteiger partial charge in [0.05, 0.1) is 17.8 Å². The summed E-state index contributed by atoms with van der Waals surface area (Å²) in [6.45, 7) is 1.38. The largest absolute Gasteiger partial charge is 0.478 e. The highest BCUT2D eigenvalue weighted by Gasteiger charge is 2.21. The quantitative estimate of drug-likeness (QED) is 0.524. The van der Waals surface area contributed by atoms with Gasteiger partial charge >= 0.3 is 0 Å². The SMILES string of the molecule is CNC(=O)COc1cc2cc(Nc3nc(N4CCC(OC)CC4)ncc3Cl)ccc2n(C)c1=O. The van der Waals surface area contributed by atoms with Crippen molar-refractivity contribution >= 4 is 45.9 Å². The zero-order chi connectivity index (χ0) is 24.2. The van der Waals surface area contributed by atoms with Crippen LogP contribution in [0.25, 0.3) is 10.9 Å². The predicted molar refractivity (Wildman–Crippen MR) is 131 cm³/mol. The van der Waals surface area contributed by atoms with E-state index in [9.17, 15) is 9.59 Å². The second kappa shape index (κ2) is 10.3. The number of nitrogens with one attached hydrogen (secondary N) is 2. The summed E-state index contributed by atoms with van der Waals surface area (Å²) in [5, 5.41) is 6.86. The van der Waals surface area contributed by atoms with Crippen molar-refractivity contribution in [3.8, 4) is 5.75 Å². The normalized spacial score (nSPS) is 14.3. The van der Waals surface area contributed by atoms with Gasteiger partial charge in [-0.1, -0.05) is 11.6 Å². The average molecular weight is 487 g/mol. The number of benzene rings is 1. The number of pyridine rings is 1. The summed E-state index contributed by atoms with van der Waals surface area (Å²) in [7, 11) is 4.90. The molecule has 1 saturated heterocycles. The van der Waals surface area contributed by atoms with Gasteiger partial charge in [0, 0.05) is 45.4 Å². The van der Waals surface area contributed by atoms with Crippen LogP contribution in [0.5, 0.6) is 5.75 Å². The summed E-state index contributed by atoms with van der Waals surface area (Å²) >= 11 is 6.38. The van der Waals surface area contributed by atoms with Gasteiger partial charge in [0.1, 0.15) is 5.02 Å². The summed E-state index contributed by atoms with van der Waals surface area (Å²) < 4.78 is 12.4. The fourth-order valence-corrected chi connectivity index (χ4v) is 4.01. The number of rotatable bonds is 7. The Bertz CT molecular complexity index is 1260. The standard InChI is InChI=1S/C23H27ClN6O4/c1-25-20(31)13-34-19-11-14-10-15(4-5-18(14)29(2)22(19)32)27-21-17(24)12-26-23(28-21)30-8-6-16(33-3)7-9-30/h4-5,10-12,16H,6-9,13H2,1-3H3,(H,25,31)(H,26,27,28). The van der Waals surface area contributed by atoms with Gasteiger partial charge < -0.3 is 29.6 Å². The lowest BCUT2D eigenvalue weighted by Gasteiger charge is -2.31. The van der Waals surface area contributed by atoms with E-state index in [-0.39, 0.29) is 29.9 Å². The molecule has 0 saturated carbocycles. The highest BCUT2D eigenvalue weighted by molar-refractivity contribution is 6.32. The van der Waals surface area contributed by atoms with Crippen LogP contribution >= 0.6 is 11.6 Å². The van der Waals surface area contributed by atoms with Crippen LogP contribution in [0, 0.1) is 0 Å². The Morgan fingerprint density at radius 2 is 2.03 bits per heavy atom. The number of ether oxygens (including phenoxy) is 2. The minimum absolute atomic E-state index is 0.0950. The van der Waals surface area contributed by atoms with Crippen molar-refractivity contribution in [2.75, 3.05) is 44.1 Å². The molecule has 0 atom stereocenters. The first kappa shape index (κ1) is 23.8. The Morgan fingerprint density at radius 3 is 2.74 bits per heavy atom. The van der Waals surface area contributed by atoms with Gasteiger partial charge in [-0.2, -0.15) is 4.98 Å². The van der Waals surface area contributed by atoms with Gasteiger partial charge in [0.15, 0.2) is 18.2 Å². The molecule has 1 fully saturated rings. The van der Waals surface area contributed by atoms with Crippen LogP contribution < -0.4 is 25.8 Å². The van der Waals surface area contributed by atoms with Gasteiger partial charge in [-0.15, -0.1) is 0 Å². The molecule has 11 heteroatoms. The maximum Gasteiger partial charge on any atom is 0.293 e. The number of halogens is 1. The van der Waals surface area contributed by atoms with E-state index in [1.807, 2.05) is 18.2 Å². The Kier molecular flexibility index (Phi) is 7.18. The van der Waals surface area contributed by atoms with Crippen LogP contribution in [-0.2, 0) is 16.6 Å². The molecule has 10 nitrogen and oxygen atoms in total. The number of methoxy groups -OCH3 is 1. The molecule has 34 heavy (non-hydrogen) atoms. The van der Waals surface area contributed by atoms with E-state index in [2.05, 4.69) is 25.5 Å². The third kappa shape index (κ3) is 5.07. The number of hydrogen-bond donors (Lipinski definition) is 2. The van der Waals surface area contributed by atoms with Gasteiger partial charge in [0.25, 0.3) is 11.5 Å². The molecular formula is C23H27ClN6O4. The molecule has 3 heterocycles. The number of piperidine rings is 1. The molecule has 0 aliphatic carbocycles. The molecule has 0 unspecified atom stereocenters. The molecule has 1 aromatic carbocycles. The molecule has 0 spiro atoms. The first-order valence-corrected chi connectivity index (χ1v) is 11.3. The number of hydrogen-bond acceptors (Lipinski definition) is 8. The highest BCUT2D eigenvalue weighted by atomic mass is 35.5. The molecule has 180 valence electrons. The summed E-state index contributed by atoms with van der Waals surface area (Å²) in [6, 6.07) is 7.16. The van der Waals surface area contributed by atoms with Crippen LogP contribution in [0.4, 0.5) is 17.5 Å². The smallest absolute Gasteiger partial charge is 0.293 e. The second-order valence-electron chi connectivity index (χ2n) is 8.02. The van der Waals surface area contributed by atoms with Crippen molar-refractivity contribution in [2.24, 2.45) is 7.05 Å². The fourth-order valence-electron chi connectivity index (χ4n) is 3.88. The number of carbonyl (C=O) groups excluding carboxylic acids is 1. The van der Waals surface area contributed by atoms with Crippen molar-refractivity contribution in [3.63, 3.8) is 0 Å². The number of fused-ring (bicyclic) bond motifs is 1. The zero-order valence-electron chi connectivity index (χ0n) is 19.3. The van der Waals surface area contributed by atoms with E-state index in [0.29, 0.717) is 16.8 Å². The lowest BCUT2D eigenvalue weighted by molar-refractivity contribution is -0.122. The molecule has 1 aliphatic heterocycles. The molecule has 1 amide bonds. The van der Waals surface area contributed by atoms with Crippen molar-refractivity contribution in [2.45, 2.75) is 18.9 Å². The van der Waals surface area contributed by atoms with Crippen LogP contribution in [0.1, 0.15) is 12.8 Å². The first-order valence-electron chi connectivity index (χ1n) is 10.9. The lowest BCUT2D eigenvalue weighted by atomic mass is 10.1. The number of aryl methyl sites for hydroxylation is 1. The Hall–Kier alpha value is -3.37. The minimum Gasteiger partial charge on any atom is -0.478 e. The Balaban J connectivity index is 1.59. The molecule has 2 aromatic heterocycles. The van der Waals surface area contributed by atoms with Gasteiger partial charge in [-0.05, 0) is 37.1 Å². The highest BCUT2D eigenvalue weighted by Crippen LogP contribution is 2.28. The van der Waals surface area contributed by atoms with Crippen LogP contribution in [-0.4, -0.2) is 60.4 Å². The molecular weight excluding hydrogens is 460 g/mol. The minimum atomic E-state index is -0.321. The second-order valence-corrected chi connectivity index (χ2v) is 8.43. The van der Waals surface area contributed by atoms with Gasteiger partial charge in [-0.25, -0.2) is 4.98 Å². The van der Waals surface area contributed by atoms with Crippen molar-refractivity contribution in [1.82, 2.24) is 19.9 Å². The Morgan fingerprint density at radius 1 is 1.26 bits per heavy atom. The number of anilines is 3. The average Bonchev–Trinajstić information content (AvgIpc) is 2.86. The van der Waals surface area contributed by atoms with Crippen molar-refractivity contribution in [3.05, 3.63) is 45.8 Å². The predicted octanol–water partition coefficient (Wildman–Crippen LogP) is 2.47. The van der Waals surface area contributed by atoms with E-state index in [1.54, 1.807) is 26.4 Å². The van der Waals surface area contributed by atoms with Gasteiger partial charge in [-0.3, -0.25) is 9.59 Å². The molecule has 4 rings (SSSR count).